The number of rotatable bonds is 17. The highest BCUT2D eigenvalue weighted by atomic mass is 19.1. The van der Waals surface area contributed by atoms with E-state index in [4.69, 9.17) is 4.74 Å². The third-order valence-corrected chi connectivity index (χ3v) is 6.60. The van der Waals surface area contributed by atoms with E-state index in [1.165, 1.54) is 100 Å². The van der Waals surface area contributed by atoms with Crippen molar-refractivity contribution in [3.05, 3.63) is 35.6 Å². The first-order valence-electron chi connectivity index (χ1n) is 13.4. The van der Waals surface area contributed by atoms with Crippen molar-refractivity contribution >= 4 is 11.9 Å². The summed E-state index contributed by atoms with van der Waals surface area (Å²) in [4.78, 5) is 26.7. The van der Waals surface area contributed by atoms with Crippen LogP contribution in [-0.4, -0.2) is 36.0 Å². The van der Waals surface area contributed by atoms with Gasteiger partial charge in [-0.3, -0.25) is 4.79 Å². The number of ether oxygens (including phenoxy) is 1. The maximum Gasteiger partial charge on any atom is 0.328 e. The van der Waals surface area contributed by atoms with Crippen molar-refractivity contribution in [2.24, 2.45) is 0 Å². The van der Waals surface area contributed by atoms with E-state index in [1.54, 1.807) is 6.07 Å². The zero-order chi connectivity index (χ0) is 23.7. The van der Waals surface area contributed by atoms with Crippen LogP contribution in [0.3, 0.4) is 0 Å². The second-order valence-electron chi connectivity index (χ2n) is 9.43. The van der Waals surface area contributed by atoms with Gasteiger partial charge in [0, 0.05) is 12.1 Å². The van der Waals surface area contributed by atoms with Crippen molar-refractivity contribution < 1.29 is 18.7 Å². The largest absolute Gasteiger partial charge is 0.464 e. The minimum atomic E-state index is -0.549. The Bertz CT molecular complexity index is 693. The lowest BCUT2D eigenvalue weighted by Gasteiger charge is -2.23. The van der Waals surface area contributed by atoms with Gasteiger partial charge in [-0.15, -0.1) is 0 Å². The predicted octanol–water partition coefficient (Wildman–Crippen LogP) is 7.45. The number of amides is 1. The minimum Gasteiger partial charge on any atom is -0.464 e. The number of hydrogen-bond acceptors (Lipinski definition) is 3. The second kappa shape index (κ2) is 16.7. The van der Waals surface area contributed by atoms with Crippen LogP contribution >= 0.6 is 0 Å². The SMILES string of the molecule is CCCCCCCCCCCCCCCCOC(=O)C1CCCN1C(=O)c1cccc(F)c1. The van der Waals surface area contributed by atoms with Gasteiger partial charge >= 0.3 is 5.97 Å². The van der Waals surface area contributed by atoms with Crippen molar-refractivity contribution in [3.8, 4) is 0 Å². The monoisotopic (exact) mass is 461 g/mol. The first kappa shape index (κ1) is 27.3. The molecule has 1 fully saturated rings. The molecule has 1 aliphatic rings. The molecule has 33 heavy (non-hydrogen) atoms. The Hall–Kier alpha value is -1.91. The fourth-order valence-corrected chi connectivity index (χ4v) is 4.61. The molecule has 0 radical (unpaired) electrons. The Morgan fingerprint density at radius 2 is 1.48 bits per heavy atom. The van der Waals surface area contributed by atoms with Crippen LogP contribution in [0.15, 0.2) is 24.3 Å². The summed E-state index contributed by atoms with van der Waals surface area (Å²) in [5.41, 5.74) is 0.279. The summed E-state index contributed by atoms with van der Waals surface area (Å²) in [6.07, 6.45) is 19.4. The molecule has 1 aromatic rings. The number of benzene rings is 1. The molecule has 0 N–H and O–H groups in total. The Kier molecular flexibility index (Phi) is 13.8. The van der Waals surface area contributed by atoms with Crippen molar-refractivity contribution in [2.45, 2.75) is 116 Å². The number of halogens is 1. The number of unbranched alkanes of at least 4 members (excludes halogenated alkanes) is 13. The molecular formula is C28H44FNO3. The van der Waals surface area contributed by atoms with Crippen molar-refractivity contribution in [1.29, 1.82) is 0 Å². The van der Waals surface area contributed by atoms with E-state index in [1.807, 2.05) is 0 Å². The molecule has 5 heteroatoms. The molecule has 186 valence electrons. The molecule has 0 spiro atoms. The molecule has 1 aliphatic heterocycles. The first-order chi connectivity index (χ1) is 16.1. The van der Waals surface area contributed by atoms with Crippen LogP contribution in [0.1, 0.15) is 120 Å². The van der Waals surface area contributed by atoms with Crippen LogP contribution in [0.4, 0.5) is 4.39 Å². The first-order valence-corrected chi connectivity index (χ1v) is 13.4. The van der Waals surface area contributed by atoms with Gasteiger partial charge in [-0.05, 0) is 37.5 Å². The van der Waals surface area contributed by atoms with Gasteiger partial charge in [0.05, 0.1) is 6.61 Å². The molecule has 0 aliphatic carbocycles. The average Bonchev–Trinajstić information content (AvgIpc) is 3.31. The van der Waals surface area contributed by atoms with Crippen LogP contribution in [0.2, 0.25) is 0 Å². The molecule has 0 bridgehead atoms. The van der Waals surface area contributed by atoms with E-state index in [0.29, 0.717) is 19.6 Å². The maximum atomic E-state index is 13.4. The van der Waals surface area contributed by atoms with Crippen LogP contribution in [0.5, 0.6) is 0 Å². The van der Waals surface area contributed by atoms with Crippen LogP contribution < -0.4 is 0 Å². The summed E-state index contributed by atoms with van der Waals surface area (Å²) < 4.78 is 18.9. The van der Waals surface area contributed by atoms with Gasteiger partial charge in [-0.2, -0.15) is 0 Å². The zero-order valence-electron chi connectivity index (χ0n) is 20.7. The molecular weight excluding hydrogens is 417 g/mol. The molecule has 1 saturated heterocycles. The van der Waals surface area contributed by atoms with Crippen LogP contribution in [0.25, 0.3) is 0 Å². The second-order valence-corrected chi connectivity index (χ2v) is 9.43. The molecule has 0 saturated carbocycles. The van der Waals surface area contributed by atoms with Crippen molar-refractivity contribution in [3.63, 3.8) is 0 Å². The van der Waals surface area contributed by atoms with Gasteiger partial charge in [0.1, 0.15) is 11.9 Å². The number of carbonyl (C=O) groups excluding carboxylic acids is 2. The Morgan fingerprint density at radius 1 is 0.909 bits per heavy atom. The smallest absolute Gasteiger partial charge is 0.328 e. The van der Waals surface area contributed by atoms with Crippen molar-refractivity contribution in [2.75, 3.05) is 13.2 Å². The van der Waals surface area contributed by atoms with E-state index in [9.17, 15) is 14.0 Å². The number of hydrogen-bond donors (Lipinski definition) is 0. The van der Waals surface area contributed by atoms with E-state index in [-0.39, 0.29) is 17.4 Å². The van der Waals surface area contributed by atoms with E-state index < -0.39 is 11.9 Å². The third-order valence-electron chi connectivity index (χ3n) is 6.60. The number of likely N-dealkylation sites (tertiary alicyclic amines) is 1. The highest BCUT2D eigenvalue weighted by molar-refractivity contribution is 5.97. The average molecular weight is 462 g/mol. The standard InChI is InChI=1S/C28H44FNO3/c1-2-3-4-5-6-7-8-9-10-11-12-13-14-15-22-33-28(32)26-20-17-21-30(26)27(31)24-18-16-19-25(29)23-24/h16,18-19,23,26H,2-15,17,20-22H2,1H3. The molecule has 4 nitrogen and oxygen atoms in total. The Balaban J connectivity index is 1.48. The summed E-state index contributed by atoms with van der Waals surface area (Å²) in [7, 11) is 0. The van der Waals surface area contributed by atoms with Gasteiger partial charge in [0.2, 0.25) is 0 Å². The molecule has 1 amide bonds. The van der Waals surface area contributed by atoms with E-state index >= 15 is 0 Å². The predicted molar refractivity (Wildman–Crippen MR) is 132 cm³/mol. The Labute approximate surface area is 200 Å². The molecule has 1 atom stereocenters. The van der Waals surface area contributed by atoms with Crippen molar-refractivity contribution in [1.82, 2.24) is 4.90 Å². The van der Waals surface area contributed by atoms with Gasteiger partial charge in [-0.25, -0.2) is 9.18 Å². The zero-order valence-corrected chi connectivity index (χ0v) is 20.7. The highest BCUT2D eigenvalue weighted by Gasteiger charge is 2.35. The van der Waals surface area contributed by atoms with E-state index in [2.05, 4.69) is 6.92 Å². The number of nitrogens with zero attached hydrogens (tertiary/aromatic N) is 1. The summed E-state index contributed by atoms with van der Waals surface area (Å²) in [5, 5.41) is 0. The van der Waals surface area contributed by atoms with Crippen LogP contribution in [-0.2, 0) is 9.53 Å². The molecule has 0 aromatic heterocycles. The summed E-state index contributed by atoms with van der Waals surface area (Å²) in [5.74, 6) is -1.07. The lowest BCUT2D eigenvalue weighted by atomic mass is 10.0. The molecule has 2 rings (SSSR count). The quantitative estimate of drug-likeness (QED) is 0.179. The fraction of sp³-hybridized carbons (Fsp3) is 0.714. The fourth-order valence-electron chi connectivity index (χ4n) is 4.61. The third kappa shape index (κ3) is 10.7. The normalized spacial score (nSPS) is 15.7. The topological polar surface area (TPSA) is 46.6 Å². The van der Waals surface area contributed by atoms with Gasteiger partial charge < -0.3 is 9.64 Å². The lowest BCUT2D eigenvalue weighted by molar-refractivity contribution is -0.148. The highest BCUT2D eigenvalue weighted by Crippen LogP contribution is 2.22. The summed E-state index contributed by atoms with van der Waals surface area (Å²) in [6, 6.07) is 5.08. The number of carbonyl (C=O) groups is 2. The molecule has 1 aromatic carbocycles. The van der Waals surface area contributed by atoms with E-state index in [0.717, 1.165) is 19.3 Å². The Morgan fingerprint density at radius 3 is 2.06 bits per heavy atom. The van der Waals surface area contributed by atoms with Crippen LogP contribution in [0, 0.1) is 5.82 Å². The van der Waals surface area contributed by atoms with Gasteiger partial charge in [0.25, 0.3) is 5.91 Å². The number of esters is 1. The maximum absolute atomic E-state index is 13.4. The molecule has 1 heterocycles. The van der Waals surface area contributed by atoms with Gasteiger partial charge in [0.15, 0.2) is 0 Å². The lowest BCUT2D eigenvalue weighted by Crippen LogP contribution is -2.41. The minimum absolute atomic E-state index is 0.279. The summed E-state index contributed by atoms with van der Waals surface area (Å²) >= 11 is 0. The molecule has 1 unspecified atom stereocenters. The van der Waals surface area contributed by atoms with Gasteiger partial charge in [-0.1, -0.05) is 96.5 Å². The summed E-state index contributed by atoms with van der Waals surface area (Å²) in [6.45, 7) is 3.18.